The van der Waals surface area contributed by atoms with Crippen molar-refractivity contribution in [2.24, 2.45) is 0 Å². The van der Waals surface area contributed by atoms with Crippen molar-refractivity contribution < 1.29 is 13.2 Å². The summed E-state index contributed by atoms with van der Waals surface area (Å²) in [6, 6.07) is 14.6. The first kappa shape index (κ1) is 22.0. The minimum atomic E-state index is -3.61. The molecule has 3 aromatic rings. The second kappa shape index (κ2) is 9.42. The number of aromatic nitrogens is 2. The van der Waals surface area contributed by atoms with Crippen molar-refractivity contribution >= 4 is 27.5 Å². The summed E-state index contributed by atoms with van der Waals surface area (Å²) in [4.78, 5) is 16.8. The Balaban J connectivity index is 1.70. The number of benzene rings is 2. The first-order valence-corrected chi connectivity index (χ1v) is 11.5. The molecule has 1 heterocycles. The molecule has 0 aliphatic rings. The van der Waals surface area contributed by atoms with Gasteiger partial charge in [-0.15, -0.1) is 0 Å². The molecule has 3 rings (SSSR count). The van der Waals surface area contributed by atoms with Crippen LogP contribution >= 0.6 is 11.6 Å². The average Bonchev–Trinajstić information content (AvgIpc) is 3.12. The van der Waals surface area contributed by atoms with Crippen molar-refractivity contribution in [2.45, 2.75) is 20.0 Å². The molecule has 0 atom stereocenters. The third-order valence-corrected chi connectivity index (χ3v) is 6.21. The fourth-order valence-corrected chi connectivity index (χ4v) is 3.97. The van der Waals surface area contributed by atoms with E-state index in [2.05, 4.69) is 10.3 Å². The molecule has 0 unspecified atom stereocenters. The van der Waals surface area contributed by atoms with Gasteiger partial charge in [0.15, 0.2) is 0 Å². The predicted molar refractivity (Wildman–Crippen MR) is 117 cm³/mol. The maximum absolute atomic E-state index is 12.5. The van der Waals surface area contributed by atoms with Crippen molar-refractivity contribution in [2.75, 3.05) is 12.8 Å². The van der Waals surface area contributed by atoms with Gasteiger partial charge in [0.2, 0.25) is 15.9 Å². The maximum Gasteiger partial charge on any atom is 0.235 e. The number of rotatable bonds is 8. The summed E-state index contributed by atoms with van der Waals surface area (Å²) >= 11 is 6.15. The Morgan fingerprint density at radius 3 is 2.43 bits per heavy atom. The largest absolute Gasteiger partial charge is 0.351 e. The van der Waals surface area contributed by atoms with Crippen LogP contribution in [0.4, 0.5) is 0 Å². The number of nitrogens with one attached hydrogen (secondary N) is 1. The third-order valence-electron chi connectivity index (χ3n) is 4.65. The lowest BCUT2D eigenvalue weighted by atomic mass is 10.1. The summed E-state index contributed by atoms with van der Waals surface area (Å²) in [6.45, 7) is 1.89. The predicted octanol–water partition coefficient (Wildman–Crippen LogP) is 2.91. The molecule has 0 saturated heterocycles. The molecule has 7 nitrogen and oxygen atoms in total. The molecule has 1 amide bonds. The molecule has 2 aromatic carbocycles. The Hall–Kier alpha value is -2.68. The summed E-state index contributed by atoms with van der Waals surface area (Å²) in [5, 5.41) is 3.27. The monoisotopic (exact) mass is 446 g/mol. The standard InChI is InChI=1S/C21H23ClN4O3S/c1-16-23-11-12-26(16)20-10-6-4-7-17(20)13-24-21(27)15-25(30(2,28)29)14-18-8-3-5-9-19(18)22/h3-12H,13-15H2,1-2H3,(H,24,27). The van der Waals surface area contributed by atoms with Gasteiger partial charge in [-0.1, -0.05) is 48.0 Å². The van der Waals surface area contributed by atoms with Gasteiger partial charge >= 0.3 is 0 Å². The summed E-state index contributed by atoms with van der Waals surface area (Å²) in [6.07, 6.45) is 4.64. The normalized spacial score (nSPS) is 11.6. The number of sulfonamides is 1. The maximum atomic E-state index is 12.5. The van der Waals surface area contributed by atoms with Crippen molar-refractivity contribution in [1.82, 2.24) is 19.2 Å². The van der Waals surface area contributed by atoms with Gasteiger partial charge in [-0.2, -0.15) is 4.31 Å². The number of hydrogen-bond acceptors (Lipinski definition) is 4. The Bertz CT molecular complexity index is 1140. The van der Waals surface area contributed by atoms with Gasteiger partial charge in [-0.3, -0.25) is 4.79 Å². The van der Waals surface area contributed by atoms with Crippen LogP contribution in [0.5, 0.6) is 0 Å². The van der Waals surface area contributed by atoms with E-state index in [4.69, 9.17) is 11.6 Å². The molecule has 0 fully saturated rings. The quantitative estimate of drug-likeness (QED) is 0.576. The molecule has 0 aliphatic heterocycles. The number of hydrogen-bond donors (Lipinski definition) is 1. The lowest BCUT2D eigenvalue weighted by molar-refractivity contribution is -0.121. The summed E-state index contributed by atoms with van der Waals surface area (Å²) in [7, 11) is -3.61. The number of para-hydroxylation sites is 1. The van der Waals surface area contributed by atoms with Crippen molar-refractivity contribution in [3.8, 4) is 5.69 Å². The smallest absolute Gasteiger partial charge is 0.235 e. The van der Waals surface area contributed by atoms with Gasteiger partial charge in [-0.25, -0.2) is 13.4 Å². The number of amides is 1. The van der Waals surface area contributed by atoms with Crippen LogP contribution in [0.2, 0.25) is 5.02 Å². The van der Waals surface area contributed by atoms with Crippen LogP contribution in [-0.4, -0.2) is 41.0 Å². The molecular formula is C21H23ClN4O3S. The van der Waals surface area contributed by atoms with Crippen LogP contribution in [0.25, 0.3) is 5.69 Å². The van der Waals surface area contributed by atoms with Gasteiger partial charge < -0.3 is 9.88 Å². The van der Waals surface area contributed by atoms with Crippen LogP contribution in [-0.2, 0) is 27.9 Å². The summed E-state index contributed by atoms with van der Waals surface area (Å²) in [5.74, 6) is 0.432. The van der Waals surface area contributed by atoms with Crippen molar-refractivity contribution in [1.29, 1.82) is 0 Å². The number of carbonyl (C=O) groups excluding carboxylic acids is 1. The van der Waals surface area contributed by atoms with Crippen LogP contribution in [0.15, 0.2) is 60.9 Å². The highest BCUT2D eigenvalue weighted by molar-refractivity contribution is 7.88. The minimum absolute atomic E-state index is 0.0245. The van der Waals surface area contributed by atoms with Gasteiger partial charge in [-0.05, 0) is 30.2 Å². The highest BCUT2D eigenvalue weighted by atomic mass is 35.5. The lowest BCUT2D eigenvalue weighted by Crippen LogP contribution is -2.39. The van der Waals surface area contributed by atoms with E-state index in [0.717, 1.165) is 27.6 Å². The highest BCUT2D eigenvalue weighted by Gasteiger charge is 2.21. The van der Waals surface area contributed by atoms with Crippen molar-refractivity contribution in [3.63, 3.8) is 0 Å². The second-order valence-corrected chi connectivity index (χ2v) is 9.26. The molecule has 30 heavy (non-hydrogen) atoms. The molecule has 0 radical (unpaired) electrons. The lowest BCUT2D eigenvalue weighted by Gasteiger charge is -2.20. The first-order valence-electron chi connectivity index (χ1n) is 9.29. The molecule has 0 aliphatic carbocycles. The molecule has 0 bridgehead atoms. The number of carbonyl (C=O) groups is 1. The molecule has 1 N–H and O–H groups in total. The number of aryl methyl sites for hydroxylation is 1. The summed E-state index contributed by atoms with van der Waals surface area (Å²) < 4.78 is 27.4. The highest BCUT2D eigenvalue weighted by Crippen LogP contribution is 2.19. The zero-order chi connectivity index (χ0) is 21.7. The van der Waals surface area contributed by atoms with Gasteiger partial charge in [0, 0.05) is 30.5 Å². The molecular weight excluding hydrogens is 424 g/mol. The number of nitrogens with zero attached hydrogens (tertiary/aromatic N) is 3. The molecule has 9 heteroatoms. The van der Waals surface area contributed by atoms with Crippen LogP contribution < -0.4 is 5.32 Å². The topological polar surface area (TPSA) is 84.3 Å². The Kier molecular flexibility index (Phi) is 6.91. The SMILES string of the molecule is Cc1nccn1-c1ccccc1CNC(=O)CN(Cc1ccccc1Cl)S(C)(=O)=O. The van der Waals surface area contributed by atoms with Crippen LogP contribution in [0.3, 0.4) is 0 Å². The van der Waals surface area contributed by atoms with E-state index in [1.54, 1.807) is 30.5 Å². The van der Waals surface area contributed by atoms with Gasteiger partial charge in [0.05, 0.1) is 18.5 Å². The zero-order valence-corrected chi connectivity index (χ0v) is 18.3. The summed E-state index contributed by atoms with van der Waals surface area (Å²) in [5.41, 5.74) is 2.44. The zero-order valence-electron chi connectivity index (χ0n) is 16.7. The minimum Gasteiger partial charge on any atom is -0.351 e. The van der Waals surface area contributed by atoms with E-state index in [9.17, 15) is 13.2 Å². The van der Waals surface area contributed by atoms with E-state index in [0.29, 0.717) is 10.6 Å². The van der Waals surface area contributed by atoms with E-state index in [1.165, 1.54) is 0 Å². The molecule has 0 saturated carbocycles. The van der Waals surface area contributed by atoms with E-state index in [-0.39, 0.29) is 19.6 Å². The van der Waals surface area contributed by atoms with E-state index < -0.39 is 15.9 Å². The van der Waals surface area contributed by atoms with Gasteiger partial charge in [0.25, 0.3) is 0 Å². The molecule has 1 aromatic heterocycles. The van der Waals surface area contributed by atoms with Crippen LogP contribution in [0, 0.1) is 6.92 Å². The van der Waals surface area contributed by atoms with E-state index in [1.807, 2.05) is 42.0 Å². The fourth-order valence-electron chi connectivity index (χ4n) is 3.04. The number of halogens is 1. The molecule has 0 spiro atoms. The van der Waals surface area contributed by atoms with Crippen molar-refractivity contribution in [3.05, 3.63) is 82.9 Å². The number of imidazole rings is 1. The fraction of sp³-hybridized carbons (Fsp3) is 0.238. The molecule has 158 valence electrons. The van der Waals surface area contributed by atoms with Crippen LogP contribution in [0.1, 0.15) is 17.0 Å². The Morgan fingerprint density at radius 1 is 1.13 bits per heavy atom. The second-order valence-electron chi connectivity index (χ2n) is 6.87. The van der Waals surface area contributed by atoms with Gasteiger partial charge in [0.1, 0.15) is 5.82 Å². The average molecular weight is 447 g/mol. The van der Waals surface area contributed by atoms with E-state index >= 15 is 0 Å². The Labute approximate surface area is 181 Å². The first-order chi connectivity index (χ1) is 14.3. The Morgan fingerprint density at radius 2 is 1.80 bits per heavy atom. The third kappa shape index (κ3) is 5.47.